The van der Waals surface area contributed by atoms with Crippen LogP contribution in [0.25, 0.3) is 0 Å². The number of nitrogens with two attached hydrogens (primary N) is 1. The van der Waals surface area contributed by atoms with Gasteiger partial charge in [-0.2, -0.15) is 0 Å². The van der Waals surface area contributed by atoms with E-state index < -0.39 is 0 Å². The summed E-state index contributed by atoms with van der Waals surface area (Å²) in [6, 6.07) is 4.04. The second-order valence-electron chi connectivity index (χ2n) is 7.01. The molecule has 2 saturated heterocycles. The monoisotopic (exact) mass is 345 g/mol. The molecule has 1 aromatic heterocycles. The van der Waals surface area contributed by atoms with Crippen molar-refractivity contribution in [3.8, 4) is 0 Å². The number of carbonyl (C=O) groups excluding carboxylic acids is 2. The number of nitrogens with one attached hydrogen (secondary N) is 1. The second kappa shape index (κ2) is 8.29. The Hall–Kier alpha value is -2.15. The Morgan fingerprint density at radius 1 is 1.24 bits per heavy atom. The number of carbonyl (C=O) groups is 2. The highest BCUT2D eigenvalue weighted by atomic mass is 16.2. The molecule has 25 heavy (non-hydrogen) atoms. The van der Waals surface area contributed by atoms with E-state index in [1.54, 1.807) is 12.4 Å². The lowest BCUT2D eigenvalue weighted by Gasteiger charge is -2.39. The highest BCUT2D eigenvalue weighted by Gasteiger charge is 2.31. The molecule has 2 fully saturated rings. The van der Waals surface area contributed by atoms with Crippen molar-refractivity contribution in [3.63, 3.8) is 0 Å². The summed E-state index contributed by atoms with van der Waals surface area (Å²) in [5, 5.41) is 2.99. The predicted molar refractivity (Wildman–Crippen MR) is 94.9 cm³/mol. The van der Waals surface area contributed by atoms with E-state index in [1.165, 1.54) is 5.56 Å². The molecule has 3 heterocycles. The molecule has 2 aliphatic rings. The van der Waals surface area contributed by atoms with Gasteiger partial charge in [-0.1, -0.05) is 0 Å². The smallest absolute Gasteiger partial charge is 0.317 e. The molecular weight excluding hydrogens is 318 g/mol. The standard InChI is InChI=1S/C18H27N5O2/c19-17(24)15-3-1-9-22(11-15)10-2-6-21-18(25)23-12-16(13-23)14-4-7-20-8-5-14/h4-5,7-8,15-16H,1-3,6,9-13H2,(H2,19,24)(H,21,25)/t15-/m0/s1. The van der Waals surface area contributed by atoms with Gasteiger partial charge in [0.05, 0.1) is 5.92 Å². The number of hydrogen-bond donors (Lipinski definition) is 2. The molecule has 1 aromatic rings. The SMILES string of the molecule is NC(=O)[C@H]1CCCN(CCCNC(=O)N2CC(c3ccncc3)C2)C1. The molecule has 0 aliphatic carbocycles. The van der Waals surface area contributed by atoms with E-state index in [9.17, 15) is 9.59 Å². The number of piperidine rings is 1. The van der Waals surface area contributed by atoms with Gasteiger partial charge >= 0.3 is 6.03 Å². The molecule has 3 N–H and O–H groups in total. The molecule has 0 unspecified atom stereocenters. The van der Waals surface area contributed by atoms with Crippen LogP contribution < -0.4 is 11.1 Å². The van der Waals surface area contributed by atoms with Crippen molar-refractivity contribution in [2.75, 3.05) is 39.3 Å². The number of hydrogen-bond acceptors (Lipinski definition) is 4. The van der Waals surface area contributed by atoms with E-state index in [0.29, 0.717) is 12.5 Å². The third-order valence-corrected chi connectivity index (χ3v) is 5.18. The summed E-state index contributed by atoms with van der Waals surface area (Å²) in [7, 11) is 0. The molecule has 3 rings (SSSR count). The van der Waals surface area contributed by atoms with Crippen LogP contribution in [-0.4, -0.2) is 66.0 Å². The maximum absolute atomic E-state index is 12.1. The molecule has 0 saturated carbocycles. The number of nitrogens with zero attached hydrogens (tertiary/aromatic N) is 3. The van der Waals surface area contributed by atoms with Gasteiger partial charge in [-0.25, -0.2) is 4.79 Å². The van der Waals surface area contributed by atoms with Crippen LogP contribution in [0.1, 0.15) is 30.7 Å². The molecule has 2 aliphatic heterocycles. The van der Waals surface area contributed by atoms with Gasteiger partial charge in [0.25, 0.3) is 0 Å². The van der Waals surface area contributed by atoms with E-state index in [0.717, 1.165) is 52.0 Å². The Labute approximate surface area is 148 Å². The van der Waals surface area contributed by atoms with Crippen molar-refractivity contribution in [1.82, 2.24) is 20.1 Å². The maximum Gasteiger partial charge on any atom is 0.317 e. The third-order valence-electron chi connectivity index (χ3n) is 5.18. The van der Waals surface area contributed by atoms with Crippen LogP contribution in [0.3, 0.4) is 0 Å². The summed E-state index contributed by atoms with van der Waals surface area (Å²) in [6.07, 6.45) is 6.39. The molecule has 0 bridgehead atoms. The minimum absolute atomic E-state index is 0.0129. The summed E-state index contributed by atoms with van der Waals surface area (Å²) >= 11 is 0. The highest BCUT2D eigenvalue weighted by molar-refractivity contribution is 5.77. The normalized spacial score (nSPS) is 21.6. The summed E-state index contributed by atoms with van der Waals surface area (Å²) in [6.45, 7) is 4.85. The predicted octanol–water partition coefficient (Wildman–Crippen LogP) is 0.778. The summed E-state index contributed by atoms with van der Waals surface area (Å²) in [5.74, 6) is 0.210. The summed E-state index contributed by atoms with van der Waals surface area (Å²) in [5.41, 5.74) is 6.64. The van der Waals surface area contributed by atoms with E-state index in [4.69, 9.17) is 5.73 Å². The quantitative estimate of drug-likeness (QED) is 0.745. The van der Waals surface area contributed by atoms with Gasteiger partial charge in [0.2, 0.25) is 5.91 Å². The van der Waals surface area contributed by atoms with Crippen molar-refractivity contribution in [2.45, 2.75) is 25.2 Å². The zero-order valence-corrected chi connectivity index (χ0v) is 14.6. The third kappa shape index (κ3) is 4.69. The van der Waals surface area contributed by atoms with Crippen LogP contribution in [0.4, 0.5) is 4.79 Å². The maximum atomic E-state index is 12.1. The minimum Gasteiger partial charge on any atom is -0.369 e. The van der Waals surface area contributed by atoms with Gasteiger partial charge < -0.3 is 20.9 Å². The molecular formula is C18H27N5O2. The van der Waals surface area contributed by atoms with Gasteiger partial charge in [0.15, 0.2) is 0 Å². The van der Waals surface area contributed by atoms with Crippen LogP contribution in [0.2, 0.25) is 0 Å². The first-order valence-corrected chi connectivity index (χ1v) is 9.08. The molecule has 1 atom stereocenters. The van der Waals surface area contributed by atoms with E-state index in [1.807, 2.05) is 17.0 Å². The number of pyridine rings is 1. The van der Waals surface area contributed by atoms with Crippen molar-refractivity contribution in [2.24, 2.45) is 11.7 Å². The van der Waals surface area contributed by atoms with Gasteiger partial charge in [-0.15, -0.1) is 0 Å². The van der Waals surface area contributed by atoms with Gasteiger partial charge in [-0.3, -0.25) is 9.78 Å². The lowest BCUT2D eigenvalue weighted by molar-refractivity contribution is -0.123. The molecule has 0 spiro atoms. The number of likely N-dealkylation sites (tertiary alicyclic amines) is 2. The van der Waals surface area contributed by atoms with Gasteiger partial charge in [0, 0.05) is 44.5 Å². The van der Waals surface area contributed by atoms with Crippen molar-refractivity contribution < 1.29 is 9.59 Å². The fourth-order valence-corrected chi connectivity index (χ4v) is 3.59. The Morgan fingerprint density at radius 3 is 2.72 bits per heavy atom. The van der Waals surface area contributed by atoms with Crippen molar-refractivity contribution in [3.05, 3.63) is 30.1 Å². The molecule has 0 radical (unpaired) electrons. The molecule has 7 nitrogen and oxygen atoms in total. The Balaban J connectivity index is 1.30. The van der Waals surface area contributed by atoms with Crippen LogP contribution in [0, 0.1) is 5.92 Å². The molecule has 0 aromatic carbocycles. The number of primary amides is 1. The number of amides is 3. The molecule has 136 valence electrons. The fraction of sp³-hybridized carbons (Fsp3) is 0.611. The lowest BCUT2D eigenvalue weighted by Crippen LogP contribution is -2.52. The first-order valence-electron chi connectivity index (χ1n) is 9.08. The molecule has 7 heteroatoms. The average Bonchev–Trinajstić information content (AvgIpc) is 2.59. The van der Waals surface area contributed by atoms with Crippen molar-refractivity contribution in [1.29, 1.82) is 0 Å². The van der Waals surface area contributed by atoms with Crippen LogP contribution in [0.5, 0.6) is 0 Å². The van der Waals surface area contributed by atoms with E-state index in [-0.39, 0.29) is 17.9 Å². The first kappa shape index (κ1) is 17.7. The Bertz CT molecular complexity index is 588. The number of urea groups is 1. The van der Waals surface area contributed by atoms with Gasteiger partial charge in [0.1, 0.15) is 0 Å². The first-order chi connectivity index (χ1) is 12.1. The van der Waals surface area contributed by atoms with Crippen LogP contribution >= 0.6 is 0 Å². The minimum atomic E-state index is -0.195. The molecule has 3 amide bonds. The number of aromatic nitrogens is 1. The Morgan fingerprint density at radius 2 is 2.00 bits per heavy atom. The number of rotatable bonds is 6. The average molecular weight is 345 g/mol. The van der Waals surface area contributed by atoms with E-state index >= 15 is 0 Å². The second-order valence-corrected chi connectivity index (χ2v) is 7.01. The zero-order chi connectivity index (χ0) is 17.6. The highest BCUT2D eigenvalue weighted by Crippen LogP contribution is 2.26. The Kier molecular flexibility index (Phi) is 5.86. The van der Waals surface area contributed by atoms with Crippen LogP contribution in [-0.2, 0) is 4.79 Å². The zero-order valence-electron chi connectivity index (χ0n) is 14.6. The summed E-state index contributed by atoms with van der Waals surface area (Å²) in [4.78, 5) is 31.5. The van der Waals surface area contributed by atoms with E-state index in [2.05, 4.69) is 15.2 Å². The topological polar surface area (TPSA) is 91.6 Å². The van der Waals surface area contributed by atoms with Gasteiger partial charge in [-0.05, 0) is 50.0 Å². The van der Waals surface area contributed by atoms with Crippen molar-refractivity contribution >= 4 is 11.9 Å². The van der Waals surface area contributed by atoms with Crippen LogP contribution in [0.15, 0.2) is 24.5 Å². The largest absolute Gasteiger partial charge is 0.369 e. The summed E-state index contributed by atoms with van der Waals surface area (Å²) < 4.78 is 0. The fourth-order valence-electron chi connectivity index (χ4n) is 3.59. The lowest BCUT2D eigenvalue weighted by atomic mass is 9.93.